The van der Waals surface area contributed by atoms with Crippen LogP contribution in [0, 0.1) is 5.82 Å². The van der Waals surface area contributed by atoms with Crippen LogP contribution < -0.4 is 10.6 Å². The van der Waals surface area contributed by atoms with Crippen molar-refractivity contribution in [1.29, 1.82) is 0 Å². The molecule has 0 bridgehead atoms. The molecule has 3 N–H and O–H groups in total. The molecule has 0 aliphatic carbocycles. The lowest BCUT2D eigenvalue weighted by Gasteiger charge is -2.20. The second kappa shape index (κ2) is 9.79. The highest BCUT2D eigenvalue weighted by Crippen LogP contribution is 2.20. The second-order valence-corrected chi connectivity index (χ2v) is 6.17. The van der Waals surface area contributed by atoms with E-state index >= 15 is 0 Å². The Labute approximate surface area is 148 Å². The van der Waals surface area contributed by atoms with Crippen molar-refractivity contribution in [3.8, 4) is 0 Å². The minimum absolute atomic E-state index is 0.0403. The van der Waals surface area contributed by atoms with Gasteiger partial charge >= 0.3 is 6.03 Å². The number of hydrogen-bond donors (Lipinski definition) is 3. The van der Waals surface area contributed by atoms with Gasteiger partial charge in [-0.05, 0) is 37.0 Å². The van der Waals surface area contributed by atoms with Crippen molar-refractivity contribution in [2.75, 3.05) is 13.1 Å². The van der Waals surface area contributed by atoms with E-state index < -0.39 is 6.10 Å². The number of nitrogens with one attached hydrogen (secondary N) is 2. The molecule has 0 aliphatic heterocycles. The van der Waals surface area contributed by atoms with Crippen LogP contribution in [-0.4, -0.2) is 30.3 Å². The van der Waals surface area contributed by atoms with E-state index in [1.54, 1.807) is 25.1 Å². The molecule has 0 fully saturated rings. The summed E-state index contributed by atoms with van der Waals surface area (Å²) in [6, 6.07) is 16.1. The van der Waals surface area contributed by atoms with Gasteiger partial charge in [0.25, 0.3) is 0 Å². The highest BCUT2D eigenvalue weighted by Gasteiger charge is 2.15. The van der Waals surface area contributed by atoms with Crippen LogP contribution in [0.5, 0.6) is 0 Å². The Bertz CT molecular complexity index is 662. The van der Waals surface area contributed by atoms with E-state index in [2.05, 4.69) is 10.6 Å². The average molecular weight is 344 g/mol. The molecule has 25 heavy (non-hydrogen) atoms. The number of rotatable bonds is 8. The molecule has 0 aliphatic rings. The minimum atomic E-state index is -0.448. The number of aliphatic hydroxyl groups excluding tert-OH is 1. The monoisotopic (exact) mass is 344 g/mol. The van der Waals surface area contributed by atoms with Crippen molar-refractivity contribution in [2.24, 2.45) is 0 Å². The number of hydrogen-bond acceptors (Lipinski definition) is 2. The van der Waals surface area contributed by atoms with Gasteiger partial charge in [0.05, 0.1) is 6.10 Å². The first-order valence-corrected chi connectivity index (χ1v) is 8.54. The maximum Gasteiger partial charge on any atom is 0.314 e. The fourth-order valence-corrected chi connectivity index (χ4v) is 2.76. The molecular formula is C20H25FN2O2. The van der Waals surface area contributed by atoms with Crippen molar-refractivity contribution in [3.63, 3.8) is 0 Å². The molecule has 0 aromatic heterocycles. The predicted molar refractivity (Wildman–Crippen MR) is 97.0 cm³/mol. The maximum absolute atomic E-state index is 13.5. The molecule has 2 amide bonds. The maximum atomic E-state index is 13.5. The Hall–Kier alpha value is -2.40. The zero-order valence-electron chi connectivity index (χ0n) is 14.4. The molecule has 4 nitrogen and oxygen atoms in total. The molecule has 2 unspecified atom stereocenters. The summed E-state index contributed by atoms with van der Waals surface area (Å²) < 4.78 is 13.5. The van der Waals surface area contributed by atoms with Gasteiger partial charge in [-0.2, -0.15) is 0 Å². The third-order valence-corrected chi connectivity index (χ3v) is 4.04. The Kier molecular flexibility index (Phi) is 7.41. The molecule has 0 saturated heterocycles. The first-order valence-electron chi connectivity index (χ1n) is 8.54. The summed E-state index contributed by atoms with van der Waals surface area (Å²) in [6.45, 7) is 2.53. The standard InChI is InChI=1S/C20H25FN2O2/c1-15(24)13-18(16-7-3-2-4-8-16)14-23-20(25)22-12-11-17-9-5-6-10-19(17)21/h2-10,15,18,24H,11-14H2,1H3,(H2,22,23,25). The third kappa shape index (κ3) is 6.55. The number of carbonyl (C=O) groups is 1. The topological polar surface area (TPSA) is 61.4 Å². The summed E-state index contributed by atoms with van der Waals surface area (Å²) in [5.41, 5.74) is 1.66. The molecule has 2 aromatic rings. The van der Waals surface area contributed by atoms with Crippen molar-refractivity contribution in [3.05, 3.63) is 71.5 Å². The van der Waals surface area contributed by atoms with Gasteiger partial charge in [-0.25, -0.2) is 9.18 Å². The van der Waals surface area contributed by atoms with E-state index in [0.717, 1.165) is 5.56 Å². The van der Waals surface area contributed by atoms with Crippen LogP contribution in [0.4, 0.5) is 9.18 Å². The van der Waals surface area contributed by atoms with Crippen molar-refractivity contribution >= 4 is 6.03 Å². The summed E-state index contributed by atoms with van der Waals surface area (Å²) in [5, 5.41) is 15.3. The lowest BCUT2D eigenvalue weighted by atomic mass is 9.93. The zero-order chi connectivity index (χ0) is 18.1. The van der Waals surface area contributed by atoms with E-state index in [1.165, 1.54) is 6.07 Å². The van der Waals surface area contributed by atoms with Gasteiger partial charge in [0.1, 0.15) is 5.82 Å². The molecule has 134 valence electrons. The predicted octanol–water partition coefficient (Wildman–Crippen LogP) is 3.22. The fraction of sp³-hybridized carbons (Fsp3) is 0.350. The van der Waals surface area contributed by atoms with E-state index in [-0.39, 0.29) is 17.8 Å². The molecule has 5 heteroatoms. The first kappa shape index (κ1) is 18.9. The molecule has 0 saturated carbocycles. The van der Waals surface area contributed by atoms with E-state index in [0.29, 0.717) is 31.5 Å². The van der Waals surface area contributed by atoms with E-state index in [1.807, 2.05) is 30.3 Å². The largest absolute Gasteiger partial charge is 0.393 e. The van der Waals surface area contributed by atoms with Gasteiger partial charge in [0.2, 0.25) is 0 Å². The quantitative estimate of drug-likeness (QED) is 0.688. The summed E-state index contributed by atoms with van der Waals surface area (Å²) in [6.07, 6.45) is 0.561. The van der Waals surface area contributed by atoms with Crippen molar-refractivity contribution in [1.82, 2.24) is 10.6 Å². The van der Waals surface area contributed by atoms with Crippen LogP contribution in [0.15, 0.2) is 54.6 Å². The number of benzene rings is 2. The lowest BCUT2D eigenvalue weighted by molar-refractivity contribution is 0.173. The molecular weight excluding hydrogens is 319 g/mol. The summed E-state index contributed by atoms with van der Waals surface area (Å²) >= 11 is 0. The smallest absolute Gasteiger partial charge is 0.314 e. The van der Waals surface area contributed by atoms with Crippen LogP contribution in [0.3, 0.4) is 0 Å². The summed E-state index contributed by atoms with van der Waals surface area (Å²) in [7, 11) is 0. The first-order chi connectivity index (χ1) is 12.1. The van der Waals surface area contributed by atoms with Crippen LogP contribution >= 0.6 is 0 Å². The van der Waals surface area contributed by atoms with Crippen molar-refractivity contribution in [2.45, 2.75) is 31.8 Å². The molecule has 0 radical (unpaired) electrons. The van der Waals surface area contributed by atoms with Gasteiger partial charge < -0.3 is 15.7 Å². The molecule has 2 aromatic carbocycles. The van der Waals surface area contributed by atoms with Gasteiger partial charge in [0.15, 0.2) is 0 Å². The van der Waals surface area contributed by atoms with Gasteiger partial charge in [-0.1, -0.05) is 48.5 Å². The lowest BCUT2D eigenvalue weighted by Crippen LogP contribution is -2.39. The van der Waals surface area contributed by atoms with Crippen molar-refractivity contribution < 1.29 is 14.3 Å². The number of carbonyl (C=O) groups excluding carboxylic acids is 1. The Morgan fingerprint density at radius 1 is 1.08 bits per heavy atom. The summed E-state index contributed by atoms with van der Waals surface area (Å²) in [5.74, 6) is -0.218. The van der Waals surface area contributed by atoms with Gasteiger partial charge in [-0.15, -0.1) is 0 Å². The van der Waals surface area contributed by atoms with Crippen LogP contribution in [-0.2, 0) is 6.42 Å². The normalized spacial score (nSPS) is 13.1. The summed E-state index contributed by atoms with van der Waals surface area (Å²) in [4.78, 5) is 12.0. The van der Waals surface area contributed by atoms with E-state index in [9.17, 15) is 14.3 Å². The third-order valence-electron chi connectivity index (χ3n) is 4.04. The Morgan fingerprint density at radius 3 is 2.44 bits per heavy atom. The molecule has 2 atom stereocenters. The highest BCUT2D eigenvalue weighted by molar-refractivity contribution is 5.73. The Balaban J connectivity index is 1.79. The van der Waals surface area contributed by atoms with Crippen LogP contribution in [0.25, 0.3) is 0 Å². The second-order valence-electron chi connectivity index (χ2n) is 6.17. The average Bonchev–Trinajstić information content (AvgIpc) is 2.61. The van der Waals surface area contributed by atoms with Gasteiger partial charge in [-0.3, -0.25) is 0 Å². The number of halogens is 1. The molecule has 0 spiro atoms. The molecule has 0 heterocycles. The van der Waals surface area contributed by atoms with E-state index in [4.69, 9.17) is 0 Å². The number of aliphatic hydroxyl groups is 1. The van der Waals surface area contributed by atoms with Crippen LogP contribution in [0.1, 0.15) is 30.4 Å². The Morgan fingerprint density at radius 2 is 1.76 bits per heavy atom. The highest BCUT2D eigenvalue weighted by atomic mass is 19.1. The SMILES string of the molecule is CC(O)CC(CNC(=O)NCCc1ccccc1F)c1ccccc1. The minimum Gasteiger partial charge on any atom is -0.393 e. The fourth-order valence-electron chi connectivity index (χ4n) is 2.76. The van der Waals surface area contributed by atoms with Gasteiger partial charge in [0, 0.05) is 19.0 Å². The number of urea groups is 1. The zero-order valence-corrected chi connectivity index (χ0v) is 14.4. The molecule has 2 rings (SSSR count). The van der Waals surface area contributed by atoms with Crippen LogP contribution in [0.2, 0.25) is 0 Å². The number of amides is 2.